The zero-order valence-corrected chi connectivity index (χ0v) is 10.6. The molecule has 0 radical (unpaired) electrons. The molecule has 1 saturated heterocycles. The lowest BCUT2D eigenvalue weighted by Crippen LogP contribution is -2.36. The molecule has 1 amide bonds. The van der Waals surface area contributed by atoms with E-state index in [2.05, 4.69) is 10.6 Å². The number of rotatable bonds is 3. The van der Waals surface area contributed by atoms with Crippen LogP contribution in [0.4, 0.5) is 0 Å². The van der Waals surface area contributed by atoms with Gasteiger partial charge in [0.1, 0.15) is 0 Å². The van der Waals surface area contributed by atoms with E-state index in [9.17, 15) is 9.59 Å². The largest absolute Gasteiger partial charge is 0.352 e. The van der Waals surface area contributed by atoms with Crippen molar-refractivity contribution in [3.8, 4) is 0 Å². The third kappa shape index (κ3) is 3.20. The van der Waals surface area contributed by atoms with Gasteiger partial charge in [-0.2, -0.15) is 0 Å². The van der Waals surface area contributed by atoms with Gasteiger partial charge >= 0.3 is 0 Å². The number of carbonyl (C=O) groups is 1. The van der Waals surface area contributed by atoms with Crippen LogP contribution in [0.25, 0.3) is 0 Å². The van der Waals surface area contributed by atoms with Gasteiger partial charge in [0.25, 0.3) is 11.5 Å². The van der Waals surface area contributed by atoms with Crippen LogP contribution in [0.15, 0.2) is 23.1 Å². The van der Waals surface area contributed by atoms with Crippen molar-refractivity contribution < 1.29 is 4.79 Å². The number of aryl methyl sites for hydroxylation is 1. The van der Waals surface area contributed by atoms with E-state index in [1.165, 1.54) is 10.6 Å². The first-order chi connectivity index (χ1) is 8.66. The van der Waals surface area contributed by atoms with Crippen LogP contribution in [0, 0.1) is 5.92 Å². The minimum Gasteiger partial charge on any atom is -0.352 e. The number of carbonyl (C=O) groups excluding carboxylic acids is 1. The molecule has 5 heteroatoms. The van der Waals surface area contributed by atoms with Gasteiger partial charge in [0.05, 0.1) is 0 Å². The number of amides is 1. The first-order valence-electron chi connectivity index (χ1n) is 6.32. The van der Waals surface area contributed by atoms with Crippen molar-refractivity contribution in [3.05, 3.63) is 34.2 Å². The van der Waals surface area contributed by atoms with Crippen molar-refractivity contribution in [2.75, 3.05) is 19.6 Å². The Bertz CT molecular complexity index is 475. The predicted octanol–water partition coefficient (Wildman–Crippen LogP) is 0.115. The highest BCUT2D eigenvalue weighted by molar-refractivity contribution is 5.93. The van der Waals surface area contributed by atoms with Gasteiger partial charge in [0.2, 0.25) is 0 Å². The number of pyridine rings is 1. The molecule has 5 nitrogen and oxygen atoms in total. The first kappa shape index (κ1) is 12.8. The van der Waals surface area contributed by atoms with E-state index in [1.807, 2.05) is 0 Å². The summed E-state index contributed by atoms with van der Waals surface area (Å²) in [6.07, 6.45) is 3.80. The molecular formula is C13H19N3O2. The Balaban J connectivity index is 1.90. The van der Waals surface area contributed by atoms with Gasteiger partial charge in [0.15, 0.2) is 0 Å². The van der Waals surface area contributed by atoms with E-state index in [1.54, 1.807) is 19.3 Å². The number of piperidine rings is 1. The van der Waals surface area contributed by atoms with Gasteiger partial charge in [-0.05, 0) is 37.9 Å². The van der Waals surface area contributed by atoms with Crippen molar-refractivity contribution in [2.45, 2.75) is 12.8 Å². The maximum atomic E-state index is 11.9. The van der Waals surface area contributed by atoms with Gasteiger partial charge < -0.3 is 15.2 Å². The summed E-state index contributed by atoms with van der Waals surface area (Å²) in [5, 5.41) is 6.19. The summed E-state index contributed by atoms with van der Waals surface area (Å²) in [6.45, 7) is 2.73. The fraction of sp³-hybridized carbons (Fsp3) is 0.538. The van der Waals surface area contributed by atoms with Gasteiger partial charge in [-0.15, -0.1) is 0 Å². The zero-order valence-electron chi connectivity index (χ0n) is 10.6. The molecule has 2 heterocycles. The van der Waals surface area contributed by atoms with Crippen LogP contribution < -0.4 is 16.2 Å². The molecule has 0 unspecified atom stereocenters. The van der Waals surface area contributed by atoms with Gasteiger partial charge in [-0.25, -0.2) is 0 Å². The van der Waals surface area contributed by atoms with E-state index >= 15 is 0 Å². The second-order valence-electron chi connectivity index (χ2n) is 4.77. The van der Waals surface area contributed by atoms with Crippen LogP contribution in [0.1, 0.15) is 23.2 Å². The molecule has 0 atom stereocenters. The van der Waals surface area contributed by atoms with E-state index in [0.717, 1.165) is 25.9 Å². The molecule has 0 saturated carbocycles. The summed E-state index contributed by atoms with van der Waals surface area (Å²) in [4.78, 5) is 23.3. The van der Waals surface area contributed by atoms with Crippen molar-refractivity contribution in [2.24, 2.45) is 13.0 Å². The zero-order chi connectivity index (χ0) is 13.0. The van der Waals surface area contributed by atoms with E-state index < -0.39 is 0 Å². The third-order valence-corrected chi connectivity index (χ3v) is 3.38. The van der Waals surface area contributed by atoms with Gasteiger partial charge in [-0.3, -0.25) is 9.59 Å². The van der Waals surface area contributed by atoms with Crippen molar-refractivity contribution in [1.82, 2.24) is 15.2 Å². The lowest BCUT2D eigenvalue weighted by molar-refractivity contribution is 0.0944. The fourth-order valence-electron chi connectivity index (χ4n) is 2.11. The van der Waals surface area contributed by atoms with Crippen LogP contribution in [0.2, 0.25) is 0 Å². The molecule has 1 aliphatic rings. The Morgan fingerprint density at radius 1 is 1.50 bits per heavy atom. The maximum Gasteiger partial charge on any atom is 0.251 e. The topological polar surface area (TPSA) is 63.1 Å². The Labute approximate surface area is 106 Å². The van der Waals surface area contributed by atoms with Gasteiger partial charge in [-0.1, -0.05) is 0 Å². The molecule has 1 aromatic heterocycles. The van der Waals surface area contributed by atoms with Crippen LogP contribution in [-0.4, -0.2) is 30.1 Å². The Morgan fingerprint density at radius 3 is 2.89 bits per heavy atom. The molecule has 0 aliphatic carbocycles. The van der Waals surface area contributed by atoms with Crippen LogP contribution in [0.5, 0.6) is 0 Å². The van der Waals surface area contributed by atoms with Crippen molar-refractivity contribution >= 4 is 5.91 Å². The summed E-state index contributed by atoms with van der Waals surface area (Å²) < 4.78 is 1.45. The standard InChI is InChI=1S/C13H19N3O2/c1-16-7-4-11(8-12(16)17)13(18)15-9-10-2-5-14-6-3-10/h4,7-8,10,14H,2-3,5-6,9H2,1H3,(H,15,18). The Morgan fingerprint density at radius 2 is 2.22 bits per heavy atom. The first-order valence-corrected chi connectivity index (χ1v) is 6.32. The van der Waals surface area contributed by atoms with E-state index in [0.29, 0.717) is 18.0 Å². The summed E-state index contributed by atoms with van der Waals surface area (Å²) in [7, 11) is 1.67. The molecule has 0 bridgehead atoms. The number of hydrogen-bond donors (Lipinski definition) is 2. The average molecular weight is 249 g/mol. The number of aromatic nitrogens is 1. The molecule has 1 fully saturated rings. The third-order valence-electron chi connectivity index (χ3n) is 3.38. The Hall–Kier alpha value is -1.62. The second kappa shape index (κ2) is 5.82. The van der Waals surface area contributed by atoms with Crippen LogP contribution in [0.3, 0.4) is 0 Å². The van der Waals surface area contributed by atoms with Crippen LogP contribution >= 0.6 is 0 Å². The highest BCUT2D eigenvalue weighted by atomic mass is 16.2. The van der Waals surface area contributed by atoms with Crippen molar-refractivity contribution in [1.29, 1.82) is 0 Å². The number of nitrogens with zero attached hydrogens (tertiary/aromatic N) is 1. The highest BCUT2D eigenvalue weighted by Gasteiger charge is 2.14. The second-order valence-corrected chi connectivity index (χ2v) is 4.77. The number of hydrogen-bond acceptors (Lipinski definition) is 3. The molecule has 0 aromatic carbocycles. The lowest BCUT2D eigenvalue weighted by Gasteiger charge is -2.22. The molecule has 1 aliphatic heterocycles. The monoisotopic (exact) mass is 249 g/mol. The summed E-state index contributed by atoms with van der Waals surface area (Å²) in [6, 6.07) is 3.04. The van der Waals surface area contributed by atoms with Crippen LogP contribution in [-0.2, 0) is 7.05 Å². The predicted molar refractivity (Wildman–Crippen MR) is 69.6 cm³/mol. The lowest BCUT2D eigenvalue weighted by atomic mass is 9.98. The average Bonchev–Trinajstić information content (AvgIpc) is 2.40. The van der Waals surface area contributed by atoms with E-state index in [4.69, 9.17) is 0 Å². The quantitative estimate of drug-likeness (QED) is 0.799. The van der Waals surface area contributed by atoms with E-state index in [-0.39, 0.29) is 11.5 Å². The summed E-state index contributed by atoms with van der Waals surface area (Å²) in [5.74, 6) is 0.382. The summed E-state index contributed by atoms with van der Waals surface area (Å²) in [5.41, 5.74) is 0.275. The van der Waals surface area contributed by atoms with Crippen molar-refractivity contribution in [3.63, 3.8) is 0 Å². The smallest absolute Gasteiger partial charge is 0.251 e. The normalized spacial score (nSPS) is 16.5. The molecular weight excluding hydrogens is 230 g/mol. The molecule has 18 heavy (non-hydrogen) atoms. The molecule has 0 spiro atoms. The molecule has 1 aromatic rings. The highest BCUT2D eigenvalue weighted by Crippen LogP contribution is 2.10. The minimum absolute atomic E-state index is 0.161. The SMILES string of the molecule is Cn1ccc(C(=O)NCC2CCNCC2)cc1=O. The Kier molecular flexibility index (Phi) is 4.15. The minimum atomic E-state index is -0.162. The molecule has 98 valence electrons. The maximum absolute atomic E-state index is 11.9. The molecule has 2 N–H and O–H groups in total. The summed E-state index contributed by atoms with van der Waals surface area (Å²) >= 11 is 0. The fourth-order valence-corrected chi connectivity index (χ4v) is 2.11. The molecule has 2 rings (SSSR count). The van der Waals surface area contributed by atoms with Gasteiger partial charge in [0, 0.05) is 31.4 Å². The number of nitrogens with one attached hydrogen (secondary N) is 2.